The summed E-state index contributed by atoms with van der Waals surface area (Å²) in [5, 5.41) is 0. The highest BCUT2D eigenvalue weighted by Gasteiger charge is 2.25. The molecule has 1 aromatic heterocycles. The molecule has 5 heteroatoms. The zero-order valence-corrected chi connectivity index (χ0v) is 9.83. The summed E-state index contributed by atoms with van der Waals surface area (Å²) >= 11 is 0. The van der Waals surface area contributed by atoms with Gasteiger partial charge in [0, 0.05) is 12.0 Å². The van der Waals surface area contributed by atoms with Gasteiger partial charge in [-0.3, -0.25) is 0 Å². The van der Waals surface area contributed by atoms with Crippen LogP contribution in [0.3, 0.4) is 0 Å². The van der Waals surface area contributed by atoms with Gasteiger partial charge in [-0.15, -0.1) is 0 Å². The summed E-state index contributed by atoms with van der Waals surface area (Å²) in [5.41, 5.74) is 6.12. The minimum atomic E-state index is -0.959. The zero-order chi connectivity index (χ0) is 12.7. The second-order valence-electron chi connectivity index (χ2n) is 4.87. The molecule has 0 atom stereocenters. The Morgan fingerprint density at radius 2 is 1.89 bits per heavy atom. The minimum Gasteiger partial charge on any atom is -0.437 e. The van der Waals surface area contributed by atoms with Crippen LogP contribution in [0.1, 0.15) is 37.5 Å². The second kappa shape index (κ2) is 4.31. The molecule has 0 radical (unpaired) electrons. The highest BCUT2D eigenvalue weighted by molar-refractivity contribution is 5.73. The van der Waals surface area contributed by atoms with Crippen LogP contribution in [0.4, 0.5) is 8.78 Å². The second-order valence-corrected chi connectivity index (χ2v) is 4.87. The van der Waals surface area contributed by atoms with Crippen LogP contribution in [0.15, 0.2) is 16.5 Å². The van der Waals surface area contributed by atoms with Crippen molar-refractivity contribution in [1.82, 2.24) is 4.98 Å². The van der Waals surface area contributed by atoms with E-state index in [2.05, 4.69) is 4.98 Å². The molecule has 1 aliphatic carbocycles. The molecule has 1 fully saturated rings. The van der Waals surface area contributed by atoms with Crippen LogP contribution in [0.25, 0.3) is 11.1 Å². The van der Waals surface area contributed by atoms with Gasteiger partial charge in [-0.05, 0) is 37.8 Å². The molecule has 1 aliphatic rings. The average Bonchev–Trinajstić information content (AvgIpc) is 2.80. The monoisotopic (exact) mass is 252 g/mol. The maximum absolute atomic E-state index is 13.5. The lowest BCUT2D eigenvalue weighted by Crippen LogP contribution is -2.25. The van der Waals surface area contributed by atoms with E-state index in [0.717, 1.165) is 31.7 Å². The van der Waals surface area contributed by atoms with E-state index in [1.807, 2.05) is 0 Å². The van der Waals surface area contributed by atoms with E-state index in [1.54, 1.807) is 0 Å². The first-order chi connectivity index (χ1) is 8.65. The molecule has 0 saturated heterocycles. The van der Waals surface area contributed by atoms with Gasteiger partial charge in [-0.1, -0.05) is 0 Å². The van der Waals surface area contributed by atoms with Crippen LogP contribution in [0.2, 0.25) is 0 Å². The summed E-state index contributed by atoms with van der Waals surface area (Å²) in [7, 11) is 0. The van der Waals surface area contributed by atoms with E-state index in [0.29, 0.717) is 11.4 Å². The summed E-state index contributed by atoms with van der Waals surface area (Å²) in [6, 6.07) is 2.75. The van der Waals surface area contributed by atoms with Crippen LogP contribution < -0.4 is 5.73 Å². The maximum atomic E-state index is 13.5. The first-order valence-corrected chi connectivity index (χ1v) is 6.15. The lowest BCUT2D eigenvalue weighted by molar-refractivity contribution is 0.343. The average molecular weight is 252 g/mol. The Morgan fingerprint density at radius 3 is 2.61 bits per heavy atom. The molecule has 96 valence electrons. The van der Waals surface area contributed by atoms with Crippen LogP contribution in [-0.4, -0.2) is 11.0 Å². The van der Waals surface area contributed by atoms with Gasteiger partial charge in [0.1, 0.15) is 5.52 Å². The number of halogens is 2. The van der Waals surface area contributed by atoms with Crippen molar-refractivity contribution in [2.45, 2.75) is 37.6 Å². The van der Waals surface area contributed by atoms with Gasteiger partial charge in [-0.25, -0.2) is 9.37 Å². The SMILES string of the molecule is NC1CCC(c2nc3ccc(F)c(F)c3o2)CC1. The fourth-order valence-corrected chi connectivity index (χ4v) is 2.49. The third kappa shape index (κ3) is 1.88. The fourth-order valence-electron chi connectivity index (χ4n) is 2.49. The van der Waals surface area contributed by atoms with Gasteiger partial charge in [0.05, 0.1) is 0 Å². The number of aromatic nitrogens is 1. The minimum absolute atomic E-state index is 0.0835. The first kappa shape index (κ1) is 11.6. The van der Waals surface area contributed by atoms with E-state index in [4.69, 9.17) is 10.2 Å². The van der Waals surface area contributed by atoms with Crippen LogP contribution in [0.5, 0.6) is 0 Å². The molecule has 3 rings (SSSR count). The predicted octanol–water partition coefficient (Wildman–Crippen LogP) is 3.09. The Morgan fingerprint density at radius 1 is 1.17 bits per heavy atom. The molecule has 1 saturated carbocycles. The van der Waals surface area contributed by atoms with Crippen LogP contribution >= 0.6 is 0 Å². The Bertz CT molecular complexity index is 574. The largest absolute Gasteiger partial charge is 0.437 e. The fraction of sp³-hybridized carbons (Fsp3) is 0.462. The third-order valence-corrected chi connectivity index (χ3v) is 3.59. The van der Waals surface area contributed by atoms with Crippen molar-refractivity contribution in [3.8, 4) is 0 Å². The van der Waals surface area contributed by atoms with Crippen molar-refractivity contribution in [1.29, 1.82) is 0 Å². The maximum Gasteiger partial charge on any atom is 0.203 e. The lowest BCUT2D eigenvalue weighted by Gasteiger charge is -2.23. The van der Waals surface area contributed by atoms with Gasteiger partial charge in [0.15, 0.2) is 17.3 Å². The van der Waals surface area contributed by atoms with Crippen molar-refractivity contribution in [3.63, 3.8) is 0 Å². The predicted molar refractivity (Wildman–Crippen MR) is 63.1 cm³/mol. The molecule has 0 unspecified atom stereocenters. The molecule has 2 N–H and O–H groups in total. The number of hydrogen-bond acceptors (Lipinski definition) is 3. The van der Waals surface area contributed by atoms with Gasteiger partial charge in [-0.2, -0.15) is 4.39 Å². The van der Waals surface area contributed by atoms with E-state index < -0.39 is 11.6 Å². The molecule has 1 heterocycles. The molecular weight excluding hydrogens is 238 g/mol. The number of nitrogens with zero attached hydrogens (tertiary/aromatic N) is 1. The number of benzene rings is 1. The summed E-state index contributed by atoms with van der Waals surface area (Å²) in [6.45, 7) is 0. The molecule has 0 amide bonds. The Kier molecular flexibility index (Phi) is 2.78. The van der Waals surface area contributed by atoms with Gasteiger partial charge >= 0.3 is 0 Å². The van der Waals surface area contributed by atoms with Crippen molar-refractivity contribution in [2.75, 3.05) is 0 Å². The standard InChI is InChI=1S/C13H14F2N2O/c14-9-5-6-10-12(11(9)15)18-13(17-10)7-1-3-8(16)4-2-7/h5-8H,1-4,16H2. The van der Waals surface area contributed by atoms with Crippen molar-refractivity contribution in [2.24, 2.45) is 5.73 Å². The topological polar surface area (TPSA) is 52.0 Å². The summed E-state index contributed by atoms with van der Waals surface area (Å²) in [6.07, 6.45) is 3.61. The molecule has 0 bridgehead atoms. The number of rotatable bonds is 1. The normalized spacial score (nSPS) is 24.6. The van der Waals surface area contributed by atoms with Gasteiger partial charge in [0.2, 0.25) is 5.82 Å². The highest BCUT2D eigenvalue weighted by Crippen LogP contribution is 2.34. The summed E-state index contributed by atoms with van der Waals surface area (Å²) in [5.74, 6) is -1.20. The molecular formula is C13H14F2N2O. The Balaban J connectivity index is 1.96. The smallest absolute Gasteiger partial charge is 0.203 e. The third-order valence-electron chi connectivity index (χ3n) is 3.59. The summed E-state index contributed by atoms with van der Waals surface area (Å²) in [4.78, 5) is 4.25. The quantitative estimate of drug-likeness (QED) is 0.848. The zero-order valence-electron chi connectivity index (χ0n) is 9.83. The highest BCUT2D eigenvalue weighted by atomic mass is 19.2. The van der Waals surface area contributed by atoms with Crippen LogP contribution in [0, 0.1) is 11.6 Å². The number of hydrogen-bond donors (Lipinski definition) is 1. The molecule has 2 aromatic rings. The summed E-state index contributed by atoms with van der Waals surface area (Å²) < 4.78 is 32.0. The van der Waals surface area contributed by atoms with Gasteiger partial charge < -0.3 is 10.2 Å². The number of oxazole rings is 1. The van der Waals surface area contributed by atoms with E-state index in [9.17, 15) is 8.78 Å². The molecule has 0 aliphatic heterocycles. The molecule has 18 heavy (non-hydrogen) atoms. The van der Waals surface area contributed by atoms with E-state index >= 15 is 0 Å². The Labute approximate surface area is 103 Å². The van der Waals surface area contributed by atoms with Crippen molar-refractivity contribution >= 4 is 11.1 Å². The van der Waals surface area contributed by atoms with E-state index in [1.165, 1.54) is 6.07 Å². The van der Waals surface area contributed by atoms with Crippen molar-refractivity contribution in [3.05, 3.63) is 29.7 Å². The van der Waals surface area contributed by atoms with Crippen molar-refractivity contribution < 1.29 is 13.2 Å². The number of fused-ring (bicyclic) bond motifs is 1. The first-order valence-electron chi connectivity index (χ1n) is 6.15. The van der Waals surface area contributed by atoms with Gasteiger partial charge in [0.25, 0.3) is 0 Å². The van der Waals surface area contributed by atoms with Crippen LogP contribution in [-0.2, 0) is 0 Å². The van der Waals surface area contributed by atoms with E-state index in [-0.39, 0.29) is 17.5 Å². The number of nitrogens with two attached hydrogens (primary N) is 1. The molecule has 1 aromatic carbocycles. The molecule has 0 spiro atoms. The Hall–Kier alpha value is -1.49. The lowest BCUT2D eigenvalue weighted by atomic mass is 9.86. The molecule has 3 nitrogen and oxygen atoms in total.